The highest BCUT2D eigenvalue weighted by molar-refractivity contribution is 6.31. The first-order chi connectivity index (χ1) is 9.18. The highest BCUT2D eigenvalue weighted by Crippen LogP contribution is 2.15. The van der Waals surface area contributed by atoms with Gasteiger partial charge in [0.15, 0.2) is 0 Å². The third-order valence-corrected chi connectivity index (χ3v) is 3.63. The van der Waals surface area contributed by atoms with Crippen LogP contribution in [0.2, 0.25) is 5.02 Å². The van der Waals surface area contributed by atoms with E-state index in [1.165, 1.54) is 0 Å². The third-order valence-electron chi connectivity index (χ3n) is 3.26. The highest BCUT2D eigenvalue weighted by atomic mass is 35.5. The summed E-state index contributed by atoms with van der Waals surface area (Å²) in [4.78, 5) is 13.9. The molecule has 0 aliphatic carbocycles. The number of halogens is 1. The first-order valence-electron chi connectivity index (χ1n) is 6.50. The van der Waals surface area contributed by atoms with Crippen molar-refractivity contribution in [1.82, 2.24) is 10.2 Å². The molecule has 19 heavy (non-hydrogen) atoms. The fraction of sp³-hybridized carbons (Fsp3) is 0.500. The number of hydrogen-bond donors (Lipinski definition) is 1. The van der Waals surface area contributed by atoms with Gasteiger partial charge in [-0.25, -0.2) is 0 Å². The van der Waals surface area contributed by atoms with E-state index in [-0.39, 0.29) is 18.6 Å². The molecule has 1 aromatic carbocycles. The lowest BCUT2D eigenvalue weighted by atomic mass is 10.2. The molecule has 5 heteroatoms. The topological polar surface area (TPSA) is 41.6 Å². The Bertz CT molecular complexity index is 439. The molecule has 1 aliphatic heterocycles. The van der Waals surface area contributed by atoms with Crippen LogP contribution in [0.1, 0.15) is 12.5 Å². The molecule has 1 aromatic rings. The van der Waals surface area contributed by atoms with E-state index in [4.69, 9.17) is 16.3 Å². The molecule has 4 nitrogen and oxygen atoms in total. The van der Waals surface area contributed by atoms with Crippen molar-refractivity contribution in [2.75, 3.05) is 26.2 Å². The van der Waals surface area contributed by atoms with Crippen molar-refractivity contribution in [1.29, 1.82) is 0 Å². The average Bonchev–Trinajstić information content (AvgIpc) is 2.41. The standard InChI is InChI=1S/C14H19ClN2O2/c1-11-8-16-6-7-17(11)14(18)10-19-9-12-4-2-3-5-13(12)15/h2-5,11,16H,6-10H2,1H3/t11-/m0/s1. The van der Waals surface area contributed by atoms with E-state index in [9.17, 15) is 4.79 Å². The second-order valence-electron chi connectivity index (χ2n) is 4.72. The fourth-order valence-electron chi connectivity index (χ4n) is 2.16. The quantitative estimate of drug-likeness (QED) is 0.914. The van der Waals surface area contributed by atoms with Crippen LogP contribution in [0.4, 0.5) is 0 Å². The predicted octanol–water partition coefficient (Wildman–Crippen LogP) is 1.68. The Morgan fingerprint density at radius 2 is 2.32 bits per heavy atom. The van der Waals surface area contributed by atoms with Crippen molar-refractivity contribution in [2.24, 2.45) is 0 Å². The molecule has 1 atom stereocenters. The lowest BCUT2D eigenvalue weighted by Gasteiger charge is -2.33. The Hall–Kier alpha value is -1.10. The Balaban J connectivity index is 1.79. The Kier molecular flexibility index (Phi) is 5.19. The summed E-state index contributed by atoms with van der Waals surface area (Å²) in [5, 5.41) is 3.93. The molecule has 1 heterocycles. The molecule has 104 valence electrons. The fourth-order valence-corrected chi connectivity index (χ4v) is 2.35. The van der Waals surface area contributed by atoms with Crippen LogP contribution in [0.3, 0.4) is 0 Å². The summed E-state index contributed by atoms with van der Waals surface area (Å²) in [6.07, 6.45) is 0. The summed E-state index contributed by atoms with van der Waals surface area (Å²) in [7, 11) is 0. The Morgan fingerprint density at radius 3 is 3.05 bits per heavy atom. The highest BCUT2D eigenvalue weighted by Gasteiger charge is 2.22. The maximum Gasteiger partial charge on any atom is 0.248 e. The zero-order valence-electron chi connectivity index (χ0n) is 11.1. The molecule has 1 fully saturated rings. The summed E-state index contributed by atoms with van der Waals surface area (Å²) in [6.45, 7) is 4.95. The van der Waals surface area contributed by atoms with E-state index in [0.29, 0.717) is 11.6 Å². The van der Waals surface area contributed by atoms with Crippen LogP contribution in [-0.2, 0) is 16.1 Å². The molecule has 1 amide bonds. The predicted molar refractivity (Wildman–Crippen MR) is 75.2 cm³/mol. The molecule has 0 bridgehead atoms. The van der Waals surface area contributed by atoms with Crippen molar-refractivity contribution in [2.45, 2.75) is 19.6 Å². The molecule has 0 unspecified atom stereocenters. The van der Waals surface area contributed by atoms with E-state index in [2.05, 4.69) is 5.32 Å². The normalized spacial score (nSPS) is 19.5. The van der Waals surface area contributed by atoms with Crippen molar-refractivity contribution < 1.29 is 9.53 Å². The molecule has 1 saturated heterocycles. The van der Waals surface area contributed by atoms with Crippen molar-refractivity contribution in [3.63, 3.8) is 0 Å². The van der Waals surface area contributed by atoms with Crippen LogP contribution < -0.4 is 5.32 Å². The van der Waals surface area contributed by atoms with Crippen molar-refractivity contribution >= 4 is 17.5 Å². The minimum atomic E-state index is 0.0426. The van der Waals surface area contributed by atoms with Crippen LogP contribution in [0, 0.1) is 0 Å². The zero-order chi connectivity index (χ0) is 13.7. The lowest BCUT2D eigenvalue weighted by Crippen LogP contribution is -2.53. The van der Waals surface area contributed by atoms with Gasteiger partial charge in [0.05, 0.1) is 6.61 Å². The van der Waals surface area contributed by atoms with Gasteiger partial charge in [0.25, 0.3) is 0 Å². The second-order valence-corrected chi connectivity index (χ2v) is 5.13. The SMILES string of the molecule is C[C@H]1CNCCN1C(=O)COCc1ccccc1Cl. The minimum Gasteiger partial charge on any atom is -0.367 e. The molecule has 0 saturated carbocycles. The van der Waals surface area contributed by atoms with Gasteiger partial charge < -0.3 is 15.0 Å². The number of benzene rings is 1. The van der Waals surface area contributed by atoms with Gasteiger partial charge in [0, 0.05) is 30.7 Å². The molecular weight excluding hydrogens is 264 g/mol. The molecule has 0 aromatic heterocycles. The second kappa shape index (κ2) is 6.89. The van der Waals surface area contributed by atoms with Crippen molar-refractivity contribution in [3.05, 3.63) is 34.9 Å². The van der Waals surface area contributed by atoms with Crippen LogP contribution in [0.5, 0.6) is 0 Å². The molecule has 1 aliphatic rings. The number of piperazine rings is 1. The van der Waals surface area contributed by atoms with Gasteiger partial charge in [-0.15, -0.1) is 0 Å². The summed E-state index contributed by atoms with van der Waals surface area (Å²) in [5.41, 5.74) is 0.908. The largest absolute Gasteiger partial charge is 0.367 e. The first-order valence-corrected chi connectivity index (χ1v) is 6.87. The number of amides is 1. The van der Waals surface area contributed by atoms with Crippen LogP contribution in [-0.4, -0.2) is 43.1 Å². The van der Waals surface area contributed by atoms with Crippen LogP contribution in [0.25, 0.3) is 0 Å². The van der Waals surface area contributed by atoms with Crippen molar-refractivity contribution in [3.8, 4) is 0 Å². The number of ether oxygens (including phenoxy) is 1. The summed E-state index contributed by atoms with van der Waals surface area (Å²) in [5.74, 6) is 0.0426. The van der Waals surface area contributed by atoms with E-state index in [1.54, 1.807) is 0 Å². The zero-order valence-corrected chi connectivity index (χ0v) is 11.8. The van der Waals surface area contributed by atoms with Gasteiger partial charge in [-0.05, 0) is 18.6 Å². The van der Waals surface area contributed by atoms with Gasteiger partial charge in [-0.2, -0.15) is 0 Å². The van der Waals surface area contributed by atoms with E-state index >= 15 is 0 Å². The summed E-state index contributed by atoms with van der Waals surface area (Å²) in [6, 6.07) is 7.73. The van der Waals surface area contributed by atoms with E-state index < -0.39 is 0 Å². The van der Waals surface area contributed by atoms with Crippen LogP contribution >= 0.6 is 11.6 Å². The lowest BCUT2D eigenvalue weighted by molar-refractivity contribution is -0.139. The Labute approximate surface area is 118 Å². The minimum absolute atomic E-state index is 0.0426. The molecule has 0 spiro atoms. The summed E-state index contributed by atoms with van der Waals surface area (Å²) >= 11 is 6.03. The number of hydrogen-bond acceptors (Lipinski definition) is 3. The average molecular weight is 283 g/mol. The van der Waals surface area contributed by atoms with E-state index in [0.717, 1.165) is 25.2 Å². The van der Waals surface area contributed by atoms with Gasteiger partial charge in [-0.3, -0.25) is 4.79 Å². The number of carbonyl (C=O) groups excluding carboxylic acids is 1. The van der Waals surface area contributed by atoms with Gasteiger partial charge in [0.2, 0.25) is 5.91 Å². The molecule has 1 N–H and O–H groups in total. The monoisotopic (exact) mass is 282 g/mol. The Morgan fingerprint density at radius 1 is 1.53 bits per heavy atom. The summed E-state index contributed by atoms with van der Waals surface area (Å²) < 4.78 is 5.47. The smallest absolute Gasteiger partial charge is 0.248 e. The molecule has 0 radical (unpaired) electrons. The number of nitrogens with zero attached hydrogens (tertiary/aromatic N) is 1. The van der Waals surface area contributed by atoms with E-state index in [1.807, 2.05) is 36.1 Å². The van der Waals surface area contributed by atoms with Gasteiger partial charge in [-0.1, -0.05) is 29.8 Å². The van der Waals surface area contributed by atoms with Gasteiger partial charge in [0.1, 0.15) is 6.61 Å². The maximum absolute atomic E-state index is 12.0. The van der Waals surface area contributed by atoms with Gasteiger partial charge >= 0.3 is 0 Å². The third kappa shape index (κ3) is 3.93. The maximum atomic E-state index is 12.0. The number of rotatable bonds is 4. The number of carbonyl (C=O) groups is 1. The molecular formula is C14H19ClN2O2. The van der Waals surface area contributed by atoms with Crippen LogP contribution in [0.15, 0.2) is 24.3 Å². The molecule has 2 rings (SSSR count). The number of nitrogens with one attached hydrogen (secondary N) is 1. The first kappa shape index (κ1) is 14.3.